The summed E-state index contributed by atoms with van der Waals surface area (Å²) in [5.41, 5.74) is 0. The van der Waals surface area contributed by atoms with Gasteiger partial charge < -0.3 is 9.47 Å². The molecule has 0 spiro atoms. The average molecular weight is 354 g/mol. The lowest BCUT2D eigenvalue weighted by Crippen LogP contribution is -2.67. The molecule has 22 heavy (non-hydrogen) atoms. The minimum Gasteiger partial charge on any atom is -0.438 e. The first-order valence-corrected chi connectivity index (χ1v) is 5.05. The molecule has 132 valence electrons. The van der Waals surface area contributed by atoms with Crippen molar-refractivity contribution in [2.24, 2.45) is 0 Å². The third-order valence-electron chi connectivity index (χ3n) is 2.34. The van der Waals surface area contributed by atoms with Crippen molar-refractivity contribution in [3.8, 4) is 0 Å². The van der Waals surface area contributed by atoms with Gasteiger partial charge in [-0.3, -0.25) is 0 Å². The summed E-state index contributed by atoms with van der Waals surface area (Å²) in [6.07, 6.45) is -2.01. The molecule has 0 aromatic carbocycles. The first-order valence-electron chi connectivity index (χ1n) is 5.05. The van der Waals surface area contributed by atoms with Gasteiger partial charge in [-0.2, -0.15) is 43.9 Å². The van der Waals surface area contributed by atoms with Crippen LogP contribution in [0.4, 0.5) is 48.7 Å². The Labute approximate surface area is 116 Å². The number of hydrogen-bond donors (Lipinski definition) is 0. The molecule has 0 saturated carbocycles. The molecule has 0 atom stereocenters. The SMILES string of the molecule is COC(=O)OCC(F)(F)C(F)(F)C(F)(F)C(F)(F)C(C)(F)F. The number of halogens is 10. The van der Waals surface area contributed by atoms with Crippen LogP contribution in [-0.4, -0.2) is 49.5 Å². The predicted octanol–water partition coefficient (Wildman–Crippen LogP) is 3.97. The standard InChI is InChI=1S/C9H8F10O3/c1-5(10,11)7(14,15)9(18,19)8(16,17)6(12,13)3-22-4(20)21-2/h3H2,1-2H3. The average Bonchev–Trinajstić information content (AvgIpc) is 2.33. The van der Waals surface area contributed by atoms with Gasteiger partial charge in [0.25, 0.3) is 0 Å². The smallest absolute Gasteiger partial charge is 0.438 e. The minimum absolute atomic E-state index is 0.541. The third-order valence-corrected chi connectivity index (χ3v) is 2.34. The van der Waals surface area contributed by atoms with Gasteiger partial charge >= 0.3 is 35.8 Å². The van der Waals surface area contributed by atoms with E-state index in [4.69, 9.17) is 0 Å². The second-order valence-corrected chi connectivity index (χ2v) is 4.06. The highest BCUT2D eigenvalue weighted by Crippen LogP contribution is 2.56. The van der Waals surface area contributed by atoms with Crippen molar-refractivity contribution in [1.82, 2.24) is 0 Å². The van der Waals surface area contributed by atoms with Crippen LogP contribution in [0.25, 0.3) is 0 Å². The Bertz CT molecular complexity index is 414. The Balaban J connectivity index is 5.64. The van der Waals surface area contributed by atoms with Crippen molar-refractivity contribution in [2.45, 2.75) is 36.5 Å². The molecule has 0 radical (unpaired) electrons. The Morgan fingerprint density at radius 1 is 0.818 bits per heavy atom. The summed E-state index contributed by atoms with van der Waals surface area (Å²) in [4.78, 5) is 10.3. The zero-order valence-electron chi connectivity index (χ0n) is 10.7. The molecule has 0 N–H and O–H groups in total. The van der Waals surface area contributed by atoms with Gasteiger partial charge in [0.2, 0.25) is 0 Å². The largest absolute Gasteiger partial charge is 0.508 e. The van der Waals surface area contributed by atoms with E-state index >= 15 is 0 Å². The van der Waals surface area contributed by atoms with E-state index in [1.54, 1.807) is 0 Å². The number of alkyl halides is 10. The summed E-state index contributed by atoms with van der Waals surface area (Å²) in [6.45, 7) is -3.65. The van der Waals surface area contributed by atoms with Gasteiger partial charge in [0.1, 0.15) is 0 Å². The van der Waals surface area contributed by atoms with Crippen LogP contribution >= 0.6 is 0 Å². The molecular formula is C9H8F10O3. The van der Waals surface area contributed by atoms with E-state index in [9.17, 15) is 48.7 Å². The highest BCUT2D eigenvalue weighted by atomic mass is 19.4. The number of rotatable bonds is 6. The molecule has 0 amide bonds. The van der Waals surface area contributed by atoms with Crippen LogP contribution in [0.5, 0.6) is 0 Å². The molecule has 0 saturated heterocycles. The topological polar surface area (TPSA) is 35.5 Å². The molecule has 0 aromatic rings. The third kappa shape index (κ3) is 3.16. The van der Waals surface area contributed by atoms with Crippen molar-refractivity contribution < 1.29 is 58.2 Å². The van der Waals surface area contributed by atoms with Gasteiger partial charge in [-0.25, -0.2) is 4.79 Å². The van der Waals surface area contributed by atoms with Crippen LogP contribution in [0.1, 0.15) is 6.92 Å². The first kappa shape index (κ1) is 20.6. The van der Waals surface area contributed by atoms with Gasteiger partial charge in [0.05, 0.1) is 7.11 Å². The minimum atomic E-state index is -7.15. The fourth-order valence-electron chi connectivity index (χ4n) is 1.00. The van der Waals surface area contributed by atoms with Crippen molar-refractivity contribution in [2.75, 3.05) is 13.7 Å². The van der Waals surface area contributed by atoms with Gasteiger partial charge in [-0.1, -0.05) is 0 Å². The molecular weight excluding hydrogens is 346 g/mol. The van der Waals surface area contributed by atoms with Crippen molar-refractivity contribution in [3.05, 3.63) is 0 Å². The lowest BCUT2D eigenvalue weighted by molar-refractivity contribution is -0.401. The van der Waals surface area contributed by atoms with Crippen molar-refractivity contribution in [1.29, 1.82) is 0 Å². The number of ether oxygens (including phenoxy) is 2. The molecule has 0 aromatic heterocycles. The molecule has 0 aliphatic heterocycles. The molecule has 0 bridgehead atoms. The van der Waals surface area contributed by atoms with E-state index in [1.807, 2.05) is 0 Å². The van der Waals surface area contributed by atoms with Gasteiger partial charge in [-0.15, -0.1) is 0 Å². The summed E-state index contributed by atoms with van der Waals surface area (Å²) in [5.74, 6) is -32.7. The Hall–Kier alpha value is -1.43. The zero-order valence-corrected chi connectivity index (χ0v) is 10.7. The molecule has 0 heterocycles. The van der Waals surface area contributed by atoms with Crippen LogP contribution in [0, 0.1) is 0 Å². The number of carbonyl (C=O) groups is 1. The maximum Gasteiger partial charge on any atom is 0.508 e. The highest BCUT2D eigenvalue weighted by Gasteiger charge is 2.85. The number of hydrogen-bond acceptors (Lipinski definition) is 3. The Kier molecular flexibility index (Phi) is 5.28. The quantitative estimate of drug-likeness (QED) is 0.535. The molecule has 0 aliphatic carbocycles. The van der Waals surface area contributed by atoms with Crippen LogP contribution in [0.2, 0.25) is 0 Å². The van der Waals surface area contributed by atoms with E-state index in [-0.39, 0.29) is 0 Å². The van der Waals surface area contributed by atoms with Crippen molar-refractivity contribution >= 4 is 6.16 Å². The maximum atomic E-state index is 13.0. The lowest BCUT2D eigenvalue weighted by Gasteiger charge is -2.38. The highest BCUT2D eigenvalue weighted by molar-refractivity contribution is 5.59. The molecule has 13 heteroatoms. The molecule has 0 fully saturated rings. The second-order valence-electron chi connectivity index (χ2n) is 4.06. The van der Waals surface area contributed by atoms with Gasteiger partial charge in [0.15, 0.2) is 6.61 Å². The fraction of sp³-hybridized carbons (Fsp3) is 0.889. The zero-order chi connectivity index (χ0) is 18.2. The van der Waals surface area contributed by atoms with Gasteiger partial charge in [-0.05, 0) is 0 Å². The normalized spacial score (nSPS) is 14.7. The van der Waals surface area contributed by atoms with Crippen LogP contribution in [-0.2, 0) is 9.47 Å². The van der Waals surface area contributed by atoms with E-state index < -0.39 is 49.3 Å². The monoisotopic (exact) mass is 354 g/mol. The Morgan fingerprint density at radius 3 is 1.55 bits per heavy atom. The maximum absolute atomic E-state index is 13.0. The van der Waals surface area contributed by atoms with E-state index in [2.05, 4.69) is 9.47 Å². The summed E-state index contributed by atoms with van der Waals surface area (Å²) < 4.78 is 135. The summed E-state index contributed by atoms with van der Waals surface area (Å²) >= 11 is 0. The second kappa shape index (κ2) is 5.65. The predicted molar refractivity (Wildman–Crippen MR) is 48.8 cm³/mol. The van der Waals surface area contributed by atoms with E-state index in [0.29, 0.717) is 7.11 Å². The first-order chi connectivity index (χ1) is 9.45. The molecule has 0 unspecified atom stereocenters. The fourth-order valence-corrected chi connectivity index (χ4v) is 1.00. The molecule has 3 nitrogen and oxygen atoms in total. The van der Waals surface area contributed by atoms with Crippen LogP contribution in [0.15, 0.2) is 0 Å². The van der Waals surface area contributed by atoms with Gasteiger partial charge in [0, 0.05) is 6.92 Å². The summed E-state index contributed by atoms with van der Waals surface area (Å²) in [6, 6.07) is 0. The lowest BCUT2D eigenvalue weighted by atomic mass is 9.95. The molecule has 0 rings (SSSR count). The summed E-state index contributed by atoms with van der Waals surface area (Å²) in [7, 11) is 0.541. The van der Waals surface area contributed by atoms with Crippen LogP contribution < -0.4 is 0 Å². The van der Waals surface area contributed by atoms with E-state index in [0.717, 1.165) is 0 Å². The summed E-state index contributed by atoms with van der Waals surface area (Å²) in [5, 5.41) is 0. The van der Waals surface area contributed by atoms with Crippen LogP contribution in [0.3, 0.4) is 0 Å². The van der Waals surface area contributed by atoms with E-state index in [1.165, 1.54) is 0 Å². The Morgan fingerprint density at radius 2 is 1.23 bits per heavy atom. The number of carbonyl (C=O) groups excluding carboxylic acids is 1. The van der Waals surface area contributed by atoms with Crippen molar-refractivity contribution in [3.63, 3.8) is 0 Å². The molecule has 0 aliphatic rings. The number of methoxy groups -OCH3 is 1.